The Morgan fingerprint density at radius 3 is 2.61 bits per heavy atom. The molecule has 0 bridgehead atoms. The second-order valence-corrected chi connectivity index (χ2v) is 8.82. The Morgan fingerprint density at radius 2 is 1.94 bits per heavy atom. The molecule has 1 aromatic heterocycles. The first-order valence-electron chi connectivity index (χ1n) is 10.8. The van der Waals surface area contributed by atoms with Crippen LogP contribution in [0.1, 0.15) is 53.1 Å². The highest BCUT2D eigenvalue weighted by Crippen LogP contribution is 2.32. The van der Waals surface area contributed by atoms with Crippen molar-refractivity contribution in [1.82, 2.24) is 20.5 Å². The zero-order valence-electron chi connectivity index (χ0n) is 18.3. The number of oxazole rings is 1. The largest absolute Gasteiger partial charge is 0.440 e. The zero-order chi connectivity index (χ0) is 23.3. The summed E-state index contributed by atoms with van der Waals surface area (Å²) in [5.41, 5.74) is 1.50. The van der Waals surface area contributed by atoms with E-state index < -0.39 is 29.2 Å². The van der Waals surface area contributed by atoms with E-state index in [0.29, 0.717) is 31.8 Å². The number of imide groups is 1. The minimum atomic E-state index is -1.38. The van der Waals surface area contributed by atoms with Crippen LogP contribution in [0.2, 0.25) is 0 Å². The van der Waals surface area contributed by atoms with Gasteiger partial charge in [0.2, 0.25) is 0 Å². The molecule has 0 spiro atoms. The summed E-state index contributed by atoms with van der Waals surface area (Å²) in [5, 5.41) is 4.64. The number of hydrogen-bond acceptors (Lipinski definition) is 5. The fraction of sp³-hybridized carbons (Fsp3) is 0.333. The Morgan fingerprint density at radius 1 is 1.18 bits per heavy atom. The van der Waals surface area contributed by atoms with Crippen molar-refractivity contribution in [3.05, 3.63) is 64.8 Å². The molecule has 1 atom stereocenters. The molecule has 33 heavy (non-hydrogen) atoms. The fourth-order valence-corrected chi connectivity index (χ4v) is 4.47. The van der Waals surface area contributed by atoms with Crippen molar-refractivity contribution in [1.29, 1.82) is 0 Å². The Balaban J connectivity index is 1.28. The molecule has 2 aliphatic heterocycles. The summed E-state index contributed by atoms with van der Waals surface area (Å²) >= 11 is 0. The molecule has 3 aromatic rings. The molecule has 2 saturated heterocycles. The van der Waals surface area contributed by atoms with E-state index in [9.17, 15) is 18.8 Å². The van der Waals surface area contributed by atoms with Crippen molar-refractivity contribution >= 4 is 28.9 Å². The predicted molar refractivity (Wildman–Crippen MR) is 117 cm³/mol. The average molecular weight is 450 g/mol. The number of piperidine rings is 1. The van der Waals surface area contributed by atoms with E-state index in [-0.39, 0.29) is 17.0 Å². The van der Waals surface area contributed by atoms with Gasteiger partial charge < -0.3 is 14.6 Å². The molecule has 1 unspecified atom stereocenters. The lowest BCUT2D eigenvalue weighted by Gasteiger charge is -2.31. The number of hydrogen-bond donors (Lipinski definition) is 2. The third-order valence-corrected chi connectivity index (χ3v) is 6.51. The molecule has 2 fully saturated rings. The van der Waals surface area contributed by atoms with Crippen LogP contribution in [0.15, 0.2) is 40.8 Å². The third kappa shape index (κ3) is 3.63. The van der Waals surface area contributed by atoms with Crippen molar-refractivity contribution in [3.8, 4) is 0 Å². The Labute approximate surface area is 189 Å². The van der Waals surface area contributed by atoms with Crippen LogP contribution in [-0.4, -0.2) is 40.8 Å². The van der Waals surface area contributed by atoms with Gasteiger partial charge in [-0.2, -0.15) is 0 Å². The number of aromatic nitrogens is 1. The summed E-state index contributed by atoms with van der Waals surface area (Å²) < 4.78 is 20.8. The van der Waals surface area contributed by atoms with Gasteiger partial charge in [0.1, 0.15) is 16.9 Å². The lowest BCUT2D eigenvalue weighted by Crippen LogP contribution is -2.41. The molecule has 3 heterocycles. The molecule has 8 nitrogen and oxygen atoms in total. The number of carbonyl (C=O) groups is 3. The van der Waals surface area contributed by atoms with E-state index >= 15 is 0 Å². The number of amides is 4. The van der Waals surface area contributed by atoms with Crippen LogP contribution in [0, 0.1) is 12.7 Å². The first-order chi connectivity index (χ1) is 15.7. The maximum atomic E-state index is 14.9. The van der Waals surface area contributed by atoms with Gasteiger partial charge >= 0.3 is 6.03 Å². The second-order valence-electron chi connectivity index (χ2n) is 8.82. The molecule has 2 aliphatic rings. The summed E-state index contributed by atoms with van der Waals surface area (Å²) in [6.45, 7) is 4.40. The summed E-state index contributed by atoms with van der Waals surface area (Å²) in [5.74, 6) is -0.941. The highest BCUT2D eigenvalue weighted by molar-refractivity contribution is 6.07. The monoisotopic (exact) mass is 450 g/mol. The minimum absolute atomic E-state index is 0.0668. The van der Waals surface area contributed by atoms with Crippen LogP contribution < -0.4 is 10.6 Å². The number of nitrogens with one attached hydrogen (secondary N) is 2. The van der Waals surface area contributed by atoms with E-state index in [1.165, 1.54) is 19.1 Å². The molecule has 2 N–H and O–H groups in total. The van der Waals surface area contributed by atoms with Crippen LogP contribution in [0.3, 0.4) is 0 Å². The Kier molecular flexibility index (Phi) is 4.92. The highest BCUT2D eigenvalue weighted by atomic mass is 19.1. The zero-order valence-corrected chi connectivity index (χ0v) is 18.3. The first-order valence-corrected chi connectivity index (χ1v) is 10.8. The van der Waals surface area contributed by atoms with Gasteiger partial charge in [-0.3, -0.25) is 14.9 Å². The lowest BCUT2D eigenvalue weighted by atomic mass is 9.91. The Bertz CT molecular complexity index is 1290. The quantitative estimate of drug-likeness (QED) is 0.596. The molecular weight excluding hydrogens is 427 g/mol. The topological polar surface area (TPSA) is 105 Å². The number of likely N-dealkylation sites (tertiary alicyclic amines) is 1. The van der Waals surface area contributed by atoms with Gasteiger partial charge in [-0.25, -0.2) is 14.2 Å². The summed E-state index contributed by atoms with van der Waals surface area (Å²) in [4.78, 5) is 42.8. The molecule has 170 valence electrons. The molecule has 0 aliphatic carbocycles. The van der Waals surface area contributed by atoms with Gasteiger partial charge in [-0.1, -0.05) is 12.1 Å². The number of fused-ring (bicyclic) bond motifs is 1. The van der Waals surface area contributed by atoms with Crippen molar-refractivity contribution in [3.63, 3.8) is 0 Å². The first kappa shape index (κ1) is 21.1. The van der Waals surface area contributed by atoms with Gasteiger partial charge in [-0.15, -0.1) is 0 Å². The molecule has 0 saturated carbocycles. The van der Waals surface area contributed by atoms with Gasteiger partial charge in [0, 0.05) is 19.0 Å². The molecule has 4 amide bonds. The van der Waals surface area contributed by atoms with Gasteiger partial charge in [0.05, 0.1) is 5.56 Å². The number of halogens is 1. The van der Waals surface area contributed by atoms with Gasteiger partial charge in [-0.05, 0) is 62.1 Å². The second kappa shape index (κ2) is 7.68. The standard InChI is InChI=1S/C24H23FN4O4/c1-13-3-6-18-19(11-13)33-20(26-18)14-7-9-29(10-8-14)21(30)16-5-4-15(12-17(16)25)24(2)22(31)27-23(32)28-24/h3-6,11-12,14H,7-10H2,1-2H3,(H2,27,28,31,32). The van der Waals surface area contributed by atoms with Crippen LogP contribution >= 0.6 is 0 Å². The smallest absolute Gasteiger partial charge is 0.322 e. The Hall–Kier alpha value is -3.75. The summed E-state index contributed by atoms with van der Waals surface area (Å²) in [6.07, 6.45) is 1.34. The highest BCUT2D eigenvalue weighted by Gasteiger charge is 2.44. The average Bonchev–Trinajstić information content (AvgIpc) is 3.33. The van der Waals surface area contributed by atoms with E-state index in [2.05, 4.69) is 15.6 Å². The van der Waals surface area contributed by atoms with Crippen molar-refractivity contribution < 1.29 is 23.2 Å². The van der Waals surface area contributed by atoms with Crippen molar-refractivity contribution in [2.75, 3.05) is 13.1 Å². The van der Waals surface area contributed by atoms with Gasteiger partial charge in [0.15, 0.2) is 11.5 Å². The van der Waals surface area contributed by atoms with Gasteiger partial charge in [0.25, 0.3) is 11.8 Å². The lowest BCUT2D eigenvalue weighted by molar-refractivity contribution is -0.123. The number of carbonyl (C=O) groups excluding carboxylic acids is 3. The number of aryl methyl sites for hydroxylation is 1. The predicted octanol–water partition coefficient (Wildman–Crippen LogP) is 3.35. The van der Waals surface area contributed by atoms with Crippen molar-refractivity contribution in [2.24, 2.45) is 0 Å². The molecular formula is C24H23FN4O4. The minimum Gasteiger partial charge on any atom is -0.440 e. The number of urea groups is 1. The number of rotatable bonds is 3. The van der Waals surface area contributed by atoms with Crippen LogP contribution in [0.5, 0.6) is 0 Å². The molecule has 9 heteroatoms. The van der Waals surface area contributed by atoms with E-state index in [1.54, 1.807) is 4.90 Å². The molecule has 2 aromatic carbocycles. The molecule has 0 radical (unpaired) electrons. The van der Waals surface area contributed by atoms with E-state index in [4.69, 9.17) is 4.42 Å². The van der Waals surface area contributed by atoms with E-state index in [1.807, 2.05) is 25.1 Å². The van der Waals surface area contributed by atoms with Crippen LogP contribution in [0.4, 0.5) is 9.18 Å². The maximum Gasteiger partial charge on any atom is 0.322 e. The van der Waals surface area contributed by atoms with Crippen molar-refractivity contribution in [2.45, 2.75) is 38.1 Å². The number of nitrogens with zero attached hydrogens (tertiary/aromatic N) is 2. The van der Waals surface area contributed by atoms with Crippen LogP contribution in [0.25, 0.3) is 11.1 Å². The molecule has 5 rings (SSSR count). The summed E-state index contributed by atoms with van der Waals surface area (Å²) in [7, 11) is 0. The van der Waals surface area contributed by atoms with Crippen LogP contribution in [-0.2, 0) is 10.3 Å². The number of benzene rings is 2. The summed E-state index contributed by atoms with van der Waals surface area (Å²) in [6, 6.07) is 9.23. The SMILES string of the molecule is Cc1ccc2nc(C3CCN(C(=O)c4ccc(C5(C)NC(=O)NC5=O)cc4F)CC3)oc2c1. The maximum absolute atomic E-state index is 14.9. The normalized spacial score (nSPS) is 21.4. The third-order valence-electron chi connectivity index (χ3n) is 6.51. The fourth-order valence-electron chi connectivity index (χ4n) is 4.47. The van der Waals surface area contributed by atoms with E-state index in [0.717, 1.165) is 22.7 Å².